The number of amides is 2. The number of carbonyl (C=O) groups excluding carboxylic acids is 2. The van der Waals surface area contributed by atoms with E-state index < -0.39 is 11.7 Å². The van der Waals surface area contributed by atoms with Crippen molar-refractivity contribution in [2.45, 2.75) is 104 Å². The van der Waals surface area contributed by atoms with Gasteiger partial charge >= 0.3 is 6.09 Å². The molecule has 1 aromatic heterocycles. The normalized spacial score (nSPS) is 23.2. The summed E-state index contributed by atoms with van der Waals surface area (Å²) in [7, 11) is 0. The summed E-state index contributed by atoms with van der Waals surface area (Å²) in [6.45, 7) is 14.2. The predicted octanol–water partition coefficient (Wildman–Crippen LogP) is 3.74. The minimum atomic E-state index is -0.617. The van der Waals surface area contributed by atoms with Crippen molar-refractivity contribution in [2.75, 3.05) is 24.7 Å². The molecule has 2 aliphatic rings. The van der Waals surface area contributed by atoms with Crippen LogP contribution in [0.15, 0.2) is 6.20 Å². The molecule has 0 aliphatic carbocycles. The Morgan fingerprint density at radius 1 is 1.12 bits per heavy atom. The Labute approximate surface area is 197 Å². The first-order valence-electron chi connectivity index (χ1n) is 12.2. The van der Waals surface area contributed by atoms with Crippen LogP contribution in [0.4, 0.5) is 10.5 Å². The molecule has 0 N–H and O–H groups in total. The molecule has 186 valence electrons. The predicted molar refractivity (Wildman–Crippen MR) is 125 cm³/mol. The number of rotatable bonds is 9. The number of ether oxygens (including phenoxy) is 3. The fourth-order valence-electron chi connectivity index (χ4n) is 4.13. The van der Waals surface area contributed by atoms with E-state index in [1.807, 2.05) is 32.4 Å². The van der Waals surface area contributed by atoms with Crippen molar-refractivity contribution < 1.29 is 23.8 Å². The van der Waals surface area contributed by atoms with E-state index in [0.29, 0.717) is 38.5 Å². The van der Waals surface area contributed by atoms with Crippen LogP contribution in [-0.4, -0.2) is 70.3 Å². The highest BCUT2D eigenvalue weighted by Gasteiger charge is 2.45. The van der Waals surface area contributed by atoms with Crippen molar-refractivity contribution in [3.05, 3.63) is 11.9 Å². The van der Waals surface area contributed by atoms with Crippen molar-refractivity contribution in [3.8, 4) is 0 Å². The van der Waals surface area contributed by atoms with Gasteiger partial charge in [0.25, 0.3) is 5.91 Å². The maximum absolute atomic E-state index is 13.4. The van der Waals surface area contributed by atoms with Crippen LogP contribution in [0.3, 0.4) is 0 Å². The molecule has 3 heterocycles. The van der Waals surface area contributed by atoms with E-state index in [1.54, 1.807) is 16.0 Å². The van der Waals surface area contributed by atoms with Crippen molar-refractivity contribution in [1.82, 2.24) is 14.7 Å². The molecule has 0 spiro atoms. The fourth-order valence-corrected chi connectivity index (χ4v) is 4.13. The second-order valence-corrected chi connectivity index (χ2v) is 9.97. The molecule has 9 nitrogen and oxygen atoms in total. The number of hydrogen-bond acceptors (Lipinski definition) is 6. The van der Waals surface area contributed by atoms with Crippen LogP contribution in [-0.2, 0) is 32.1 Å². The molecule has 0 radical (unpaired) electrons. The van der Waals surface area contributed by atoms with Gasteiger partial charge in [-0.25, -0.2) is 4.79 Å². The average Bonchev–Trinajstić information content (AvgIpc) is 3.27. The van der Waals surface area contributed by atoms with Crippen LogP contribution < -0.4 is 4.90 Å². The van der Waals surface area contributed by atoms with Crippen LogP contribution in [0.1, 0.15) is 72.9 Å². The molecule has 2 aliphatic heterocycles. The SMILES string of the molecule is CCCCO[C@@H]1C(=O)N(c2cnn3c2CN(C(=O)OC(C)(C)C)[C@@H](C)C3)C[C@H]1OCCCC. The van der Waals surface area contributed by atoms with E-state index >= 15 is 0 Å². The molecule has 0 aromatic carbocycles. The van der Waals surface area contributed by atoms with Gasteiger partial charge in [0.05, 0.1) is 43.3 Å². The molecule has 1 saturated heterocycles. The molecule has 9 heteroatoms. The Balaban J connectivity index is 1.79. The van der Waals surface area contributed by atoms with Crippen molar-refractivity contribution in [2.24, 2.45) is 0 Å². The highest BCUT2D eigenvalue weighted by atomic mass is 16.6. The molecule has 2 amide bonds. The Morgan fingerprint density at radius 2 is 1.79 bits per heavy atom. The lowest BCUT2D eigenvalue weighted by Crippen LogP contribution is -2.47. The molecule has 33 heavy (non-hydrogen) atoms. The summed E-state index contributed by atoms with van der Waals surface area (Å²) < 4.78 is 19.5. The average molecular weight is 465 g/mol. The van der Waals surface area contributed by atoms with Gasteiger partial charge in [0.15, 0.2) is 6.10 Å². The lowest BCUT2D eigenvalue weighted by atomic mass is 10.2. The van der Waals surface area contributed by atoms with Crippen LogP contribution in [0.25, 0.3) is 0 Å². The van der Waals surface area contributed by atoms with E-state index in [4.69, 9.17) is 14.2 Å². The molecule has 0 saturated carbocycles. The molecular formula is C24H40N4O5. The molecule has 3 rings (SSSR count). The molecule has 0 unspecified atom stereocenters. The first kappa shape index (κ1) is 25.5. The van der Waals surface area contributed by atoms with Gasteiger partial charge < -0.3 is 19.1 Å². The van der Waals surface area contributed by atoms with Gasteiger partial charge in [0, 0.05) is 13.2 Å². The lowest BCUT2D eigenvalue weighted by Gasteiger charge is -2.36. The standard InChI is InChI=1S/C24H40N4O5/c1-7-9-11-31-20-16-27(22(29)21(20)32-12-10-8-2)18-13-25-28-14-17(3)26(15-19(18)28)23(30)33-24(4,5)6/h13,17,20-21H,7-12,14-16H2,1-6H3/t17-,20+,21-/m0/s1. The number of fused-ring (bicyclic) bond motifs is 1. The lowest BCUT2D eigenvalue weighted by molar-refractivity contribution is -0.133. The Hall–Kier alpha value is -2.13. The second kappa shape index (κ2) is 10.9. The first-order valence-corrected chi connectivity index (χ1v) is 12.2. The smallest absolute Gasteiger partial charge is 0.410 e. The minimum absolute atomic E-state index is 0.0652. The van der Waals surface area contributed by atoms with Gasteiger partial charge in [-0.1, -0.05) is 26.7 Å². The quantitative estimate of drug-likeness (QED) is 0.518. The number of aromatic nitrogens is 2. The van der Waals surface area contributed by atoms with Gasteiger partial charge in [-0.05, 0) is 40.5 Å². The zero-order valence-corrected chi connectivity index (χ0v) is 21.0. The Bertz CT molecular complexity index is 818. The third kappa shape index (κ3) is 6.06. The van der Waals surface area contributed by atoms with E-state index in [-0.39, 0.29) is 24.1 Å². The van der Waals surface area contributed by atoms with Gasteiger partial charge in [0.2, 0.25) is 0 Å². The summed E-state index contributed by atoms with van der Waals surface area (Å²) in [5.74, 6) is -0.106. The summed E-state index contributed by atoms with van der Waals surface area (Å²) in [6, 6.07) is -0.0652. The van der Waals surface area contributed by atoms with E-state index in [1.165, 1.54) is 0 Å². The number of carbonyl (C=O) groups is 2. The van der Waals surface area contributed by atoms with Crippen molar-refractivity contribution >= 4 is 17.7 Å². The highest BCUT2D eigenvalue weighted by molar-refractivity contribution is 6.00. The summed E-state index contributed by atoms with van der Waals surface area (Å²) >= 11 is 0. The van der Waals surface area contributed by atoms with Gasteiger partial charge in [-0.3, -0.25) is 14.4 Å². The minimum Gasteiger partial charge on any atom is -0.444 e. The zero-order valence-electron chi connectivity index (χ0n) is 21.0. The maximum atomic E-state index is 13.4. The number of anilines is 1. The zero-order chi connectivity index (χ0) is 24.2. The number of hydrogen-bond donors (Lipinski definition) is 0. The van der Waals surface area contributed by atoms with Crippen LogP contribution in [0.2, 0.25) is 0 Å². The summed E-state index contributed by atoms with van der Waals surface area (Å²) in [6.07, 6.45) is 4.30. The third-order valence-electron chi connectivity index (χ3n) is 5.97. The van der Waals surface area contributed by atoms with Crippen LogP contribution >= 0.6 is 0 Å². The highest BCUT2D eigenvalue weighted by Crippen LogP contribution is 2.32. The topological polar surface area (TPSA) is 86.1 Å². The second-order valence-electron chi connectivity index (χ2n) is 9.97. The number of unbranched alkanes of at least 4 members (excludes halogenated alkanes) is 2. The van der Waals surface area contributed by atoms with Crippen LogP contribution in [0, 0.1) is 0 Å². The van der Waals surface area contributed by atoms with Gasteiger partial charge in [-0.2, -0.15) is 5.10 Å². The summed E-state index contributed by atoms with van der Waals surface area (Å²) in [5.41, 5.74) is 0.967. The largest absolute Gasteiger partial charge is 0.444 e. The van der Waals surface area contributed by atoms with E-state index in [0.717, 1.165) is 31.4 Å². The Kier molecular flexibility index (Phi) is 8.39. The Morgan fingerprint density at radius 3 is 2.42 bits per heavy atom. The maximum Gasteiger partial charge on any atom is 0.410 e. The molecule has 1 aromatic rings. The molecule has 3 atom stereocenters. The summed E-state index contributed by atoms with van der Waals surface area (Å²) in [4.78, 5) is 29.6. The van der Waals surface area contributed by atoms with Gasteiger partial charge in [-0.15, -0.1) is 0 Å². The van der Waals surface area contributed by atoms with Crippen molar-refractivity contribution in [1.29, 1.82) is 0 Å². The monoisotopic (exact) mass is 464 g/mol. The molecular weight excluding hydrogens is 424 g/mol. The van der Waals surface area contributed by atoms with E-state index in [2.05, 4.69) is 18.9 Å². The molecule has 1 fully saturated rings. The first-order chi connectivity index (χ1) is 15.7. The van der Waals surface area contributed by atoms with Gasteiger partial charge in [0.1, 0.15) is 11.7 Å². The number of nitrogens with zero attached hydrogens (tertiary/aromatic N) is 4. The molecule has 0 bridgehead atoms. The van der Waals surface area contributed by atoms with E-state index in [9.17, 15) is 9.59 Å². The third-order valence-corrected chi connectivity index (χ3v) is 5.97. The van der Waals surface area contributed by atoms with Crippen LogP contribution in [0.5, 0.6) is 0 Å². The summed E-state index contributed by atoms with van der Waals surface area (Å²) in [5, 5.41) is 4.52. The van der Waals surface area contributed by atoms with Crippen molar-refractivity contribution in [3.63, 3.8) is 0 Å². The fraction of sp³-hybridized carbons (Fsp3) is 0.792.